The quantitative estimate of drug-likeness (QED) is 0.534. The first-order valence-electron chi connectivity index (χ1n) is 8.83. The Morgan fingerprint density at radius 3 is 2.38 bits per heavy atom. The Kier molecular flexibility index (Phi) is 3.49. The summed E-state index contributed by atoms with van der Waals surface area (Å²) in [5, 5.41) is 3.59. The first-order valence-corrected chi connectivity index (χ1v) is 8.83. The van der Waals surface area contributed by atoms with Gasteiger partial charge in [0.1, 0.15) is 5.82 Å². The fourth-order valence-electron chi connectivity index (χ4n) is 3.88. The van der Waals surface area contributed by atoms with Crippen molar-refractivity contribution in [3.8, 4) is 0 Å². The van der Waals surface area contributed by atoms with Crippen molar-refractivity contribution < 1.29 is 4.39 Å². The van der Waals surface area contributed by atoms with Crippen molar-refractivity contribution in [1.82, 2.24) is 9.55 Å². The van der Waals surface area contributed by atoms with E-state index in [-0.39, 0.29) is 17.9 Å². The van der Waals surface area contributed by atoms with E-state index in [1.807, 2.05) is 36.4 Å². The fourth-order valence-corrected chi connectivity index (χ4v) is 3.88. The number of nitrogens with one attached hydrogen (secondary N) is 1. The van der Waals surface area contributed by atoms with Crippen molar-refractivity contribution in [2.45, 2.75) is 18.5 Å². The second-order valence-corrected chi connectivity index (χ2v) is 6.70. The molecule has 1 aliphatic heterocycles. The minimum absolute atomic E-state index is 0.101. The highest BCUT2D eigenvalue weighted by Gasteiger charge is 2.30. The highest BCUT2D eigenvalue weighted by molar-refractivity contribution is 5.79. The average Bonchev–Trinajstić information content (AvgIpc) is 3.07. The van der Waals surface area contributed by atoms with Crippen LogP contribution in [0.5, 0.6) is 0 Å². The number of hydrogen-bond donors (Lipinski definition) is 1. The summed E-state index contributed by atoms with van der Waals surface area (Å²) in [5.74, 6) is 0.652. The predicted molar refractivity (Wildman–Crippen MR) is 102 cm³/mol. The summed E-state index contributed by atoms with van der Waals surface area (Å²) in [6.07, 6.45) is 0.878. The van der Waals surface area contributed by atoms with Crippen LogP contribution in [0.25, 0.3) is 11.0 Å². The van der Waals surface area contributed by atoms with E-state index in [4.69, 9.17) is 4.98 Å². The van der Waals surface area contributed by atoms with Crippen LogP contribution >= 0.6 is 0 Å². The van der Waals surface area contributed by atoms with Crippen LogP contribution < -0.4 is 5.32 Å². The fraction of sp³-hybridized carbons (Fsp3) is 0.136. The van der Waals surface area contributed by atoms with Crippen LogP contribution in [0.3, 0.4) is 0 Å². The molecule has 0 amide bonds. The highest BCUT2D eigenvalue weighted by atomic mass is 19.1. The number of anilines is 1. The number of halogens is 1. The average molecular weight is 343 g/mol. The van der Waals surface area contributed by atoms with E-state index in [0.717, 1.165) is 29.0 Å². The van der Waals surface area contributed by atoms with E-state index < -0.39 is 0 Å². The monoisotopic (exact) mass is 343 g/mol. The first kappa shape index (κ1) is 15.1. The topological polar surface area (TPSA) is 29.9 Å². The Hall–Kier alpha value is -3.14. The normalized spacial score (nSPS) is 19.1. The van der Waals surface area contributed by atoms with Gasteiger partial charge in [-0.1, -0.05) is 54.6 Å². The Balaban J connectivity index is 1.67. The molecule has 0 spiro atoms. The molecule has 1 aliphatic rings. The standard InChI is InChI=1S/C22H18FN3/c23-17-12-10-16(11-13-17)21-14-19(15-6-2-1-3-7-15)25-22-24-18-8-4-5-9-20(18)26(21)22/h1-13,19,21H,14H2,(H,24,25)/t19-,21-/m0/s1. The molecule has 4 aromatic rings. The molecule has 0 fully saturated rings. The van der Waals surface area contributed by atoms with Crippen molar-refractivity contribution in [2.75, 3.05) is 5.32 Å². The SMILES string of the molecule is Fc1ccc([C@@H]2C[C@@H](c3ccccc3)Nc3nc4ccccc4n32)cc1. The lowest BCUT2D eigenvalue weighted by Crippen LogP contribution is -2.27. The van der Waals surface area contributed by atoms with Crippen LogP contribution in [0.2, 0.25) is 0 Å². The van der Waals surface area contributed by atoms with Crippen LogP contribution in [-0.2, 0) is 0 Å². The Bertz CT molecular complexity index is 1050. The largest absolute Gasteiger partial charge is 0.349 e. The third kappa shape index (κ3) is 2.46. The molecule has 0 saturated carbocycles. The Labute approximate surface area is 151 Å². The molecule has 1 aromatic heterocycles. The predicted octanol–water partition coefficient (Wildman–Crippen LogP) is 5.32. The molecule has 5 rings (SSSR count). The summed E-state index contributed by atoms with van der Waals surface area (Å²) in [5.41, 5.74) is 4.39. The third-order valence-corrected chi connectivity index (χ3v) is 5.13. The van der Waals surface area contributed by atoms with Crippen LogP contribution in [0.1, 0.15) is 29.6 Å². The maximum Gasteiger partial charge on any atom is 0.204 e. The molecule has 3 aromatic carbocycles. The molecule has 0 unspecified atom stereocenters. The molecule has 1 N–H and O–H groups in total. The van der Waals surface area contributed by atoms with Crippen molar-refractivity contribution >= 4 is 17.0 Å². The molecule has 2 atom stereocenters. The molecule has 0 radical (unpaired) electrons. The zero-order valence-corrected chi connectivity index (χ0v) is 14.1. The van der Waals surface area contributed by atoms with Gasteiger partial charge in [0.2, 0.25) is 5.95 Å². The number of rotatable bonds is 2. The molecule has 0 saturated heterocycles. The minimum atomic E-state index is -0.210. The molecule has 128 valence electrons. The lowest BCUT2D eigenvalue weighted by molar-refractivity contribution is 0.476. The molecule has 0 aliphatic carbocycles. The van der Waals surface area contributed by atoms with Gasteiger partial charge in [-0.2, -0.15) is 0 Å². The summed E-state index contributed by atoms with van der Waals surface area (Å²) < 4.78 is 15.7. The van der Waals surface area contributed by atoms with Crippen LogP contribution in [0, 0.1) is 5.82 Å². The van der Waals surface area contributed by atoms with Crippen LogP contribution in [0.4, 0.5) is 10.3 Å². The minimum Gasteiger partial charge on any atom is -0.349 e. The summed E-state index contributed by atoms with van der Waals surface area (Å²) in [7, 11) is 0. The van der Waals surface area contributed by atoms with Crippen molar-refractivity contribution in [1.29, 1.82) is 0 Å². The number of imidazole rings is 1. The number of benzene rings is 3. The lowest BCUT2D eigenvalue weighted by atomic mass is 9.93. The summed E-state index contributed by atoms with van der Waals surface area (Å²) >= 11 is 0. The van der Waals surface area contributed by atoms with Gasteiger partial charge in [0.15, 0.2) is 0 Å². The molecular weight excluding hydrogens is 325 g/mol. The molecule has 2 heterocycles. The van der Waals surface area contributed by atoms with Crippen molar-refractivity contribution in [3.05, 3.63) is 95.8 Å². The van der Waals surface area contributed by atoms with Gasteiger partial charge in [-0.05, 0) is 41.8 Å². The van der Waals surface area contributed by atoms with Crippen LogP contribution in [-0.4, -0.2) is 9.55 Å². The van der Waals surface area contributed by atoms with E-state index in [2.05, 4.69) is 40.2 Å². The summed E-state index contributed by atoms with van der Waals surface area (Å²) in [6.45, 7) is 0. The molecule has 26 heavy (non-hydrogen) atoms. The number of hydrogen-bond acceptors (Lipinski definition) is 2. The van der Waals surface area contributed by atoms with Crippen molar-refractivity contribution in [3.63, 3.8) is 0 Å². The second-order valence-electron chi connectivity index (χ2n) is 6.70. The first-order chi connectivity index (χ1) is 12.8. The van der Waals surface area contributed by atoms with Crippen LogP contribution in [0.15, 0.2) is 78.9 Å². The second kappa shape index (κ2) is 5.99. The summed E-state index contributed by atoms with van der Waals surface area (Å²) in [6, 6.07) is 25.7. The number of aromatic nitrogens is 2. The van der Waals surface area contributed by atoms with Crippen molar-refractivity contribution in [2.24, 2.45) is 0 Å². The Morgan fingerprint density at radius 2 is 1.58 bits per heavy atom. The number of fused-ring (bicyclic) bond motifs is 3. The summed E-state index contributed by atoms with van der Waals surface area (Å²) in [4.78, 5) is 4.80. The van der Waals surface area contributed by atoms with Gasteiger partial charge in [-0.3, -0.25) is 0 Å². The van der Waals surface area contributed by atoms with E-state index in [0.29, 0.717) is 0 Å². The van der Waals surface area contributed by atoms with Gasteiger partial charge in [-0.15, -0.1) is 0 Å². The van der Waals surface area contributed by atoms with Gasteiger partial charge in [0.25, 0.3) is 0 Å². The number of nitrogens with zero attached hydrogens (tertiary/aromatic N) is 2. The molecule has 4 heteroatoms. The van der Waals surface area contributed by atoms with E-state index in [1.54, 1.807) is 0 Å². The lowest BCUT2D eigenvalue weighted by Gasteiger charge is -2.33. The van der Waals surface area contributed by atoms with Gasteiger partial charge in [-0.25, -0.2) is 9.37 Å². The molecule has 3 nitrogen and oxygen atoms in total. The maximum atomic E-state index is 13.5. The van der Waals surface area contributed by atoms with Gasteiger partial charge < -0.3 is 9.88 Å². The zero-order valence-electron chi connectivity index (χ0n) is 14.1. The molecular formula is C22H18FN3. The maximum absolute atomic E-state index is 13.5. The highest BCUT2D eigenvalue weighted by Crippen LogP contribution is 2.40. The van der Waals surface area contributed by atoms with E-state index >= 15 is 0 Å². The van der Waals surface area contributed by atoms with Gasteiger partial charge in [0.05, 0.1) is 23.1 Å². The van der Waals surface area contributed by atoms with Gasteiger partial charge in [0, 0.05) is 0 Å². The zero-order chi connectivity index (χ0) is 17.5. The third-order valence-electron chi connectivity index (χ3n) is 5.13. The number of para-hydroxylation sites is 2. The van der Waals surface area contributed by atoms with Gasteiger partial charge >= 0.3 is 0 Å². The Morgan fingerprint density at radius 1 is 0.846 bits per heavy atom. The smallest absolute Gasteiger partial charge is 0.204 e. The van der Waals surface area contributed by atoms with E-state index in [9.17, 15) is 4.39 Å². The van der Waals surface area contributed by atoms with E-state index in [1.165, 1.54) is 17.7 Å². The molecule has 0 bridgehead atoms.